The molecule has 1 aliphatic carbocycles. The summed E-state index contributed by atoms with van der Waals surface area (Å²) in [7, 11) is 0. The minimum absolute atomic E-state index is 0.166. The Balaban J connectivity index is 1.54. The van der Waals surface area contributed by atoms with E-state index in [4.69, 9.17) is 4.74 Å². The van der Waals surface area contributed by atoms with Crippen molar-refractivity contribution in [3.63, 3.8) is 0 Å². The first-order chi connectivity index (χ1) is 12.2. The van der Waals surface area contributed by atoms with Gasteiger partial charge in [0.25, 0.3) is 0 Å². The monoisotopic (exact) mass is 333 g/mol. The van der Waals surface area contributed by atoms with Crippen LogP contribution in [0.1, 0.15) is 37.3 Å². The summed E-state index contributed by atoms with van der Waals surface area (Å²) < 4.78 is 6.85. The van der Waals surface area contributed by atoms with E-state index < -0.39 is 0 Å². The van der Waals surface area contributed by atoms with Gasteiger partial charge in [-0.25, -0.2) is 0 Å². The Hall–Kier alpha value is -1.64. The Bertz CT molecular complexity index is 745. The van der Waals surface area contributed by atoms with Crippen molar-refractivity contribution in [1.29, 1.82) is 0 Å². The summed E-state index contributed by atoms with van der Waals surface area (Å²) >= 11 is 0. The third kappa shape index (κ3) is 2.17. The van der Waals surface area contributed by atoms with Gasteiger partial charge in [0.2, 0.25) is 0 Å². The molecule has 0 amide bonds. The molecule has 2 aromatic carbocycles. The first-order valence-corrected chi connectivity index (χ1v) is 9.72. The Morgan fingerprint density at radius 2 is 1.68 bits per heavy atom. The van der Waals surface area contributed by atoms with E-state index in [1.54, 1.807) is 0 Å². The summed E-state index contributed by atoms with van der Waals surface area (Å²) in [6.45, 7) is 5.49. The van der Waals surface area contributed by atoms with Crippen molar-refractivity contribution in [2.45, 2.75) is 43.9 Å². The maximum Gasteiger partial charge on any atom is 0.111 e. The highest BCUT2D eigenvalue weighted by atomic mass is 16.5. The third-order valence-corrected chi connectivity index (χ3v) is 7.35. The van der Waals surface area contributed by atoms with Crippen molar-refractivity contribution in [2.75, 3.05) is 13.1 Å². The first kappa shape index (κ1) is 15.6. The second-order valence-electron chi connectivity index (χ2n) is 8.29. The maximum absolute atomic E-state index is 6.85. The van der Waals surface area contributed by atoms with Gasteiger partial charge in [-0.15, -0.1) is 0 Å². The van der Waals surface area contributed by atoms with Gasteiger partial charge in [-0.1, -0.05) is 60.7 Å². The van der Waals surface area contributed by atoms with Gasteiger partial charge in [0.15, 0.2) is 0 Å². The lowest BCUT2D eigenvalue weighted by Gasteiger charge is -2.38. The Kier molecular flexibility index (Phi) is 3.55. The van der Waals surface area contributed by atoms with Gasteiger partial charge in [-0.3, -0.25) is 4.90 Å². The highest BCUT2D eigenvalue weighted by Crippen LogP contribution is 2.62. The molecule has 130 valence electrons. The number of ether oxygens (including phenoxy) is 1. The van der Waals surface area contributed by atoms with Gasteiger partial charge in [-0.05, 0) is 49.8 Å². The van der Waals surface area contributed by atoms with Crippen LogP contribution in [0.4, 0.5) is 0 Å². The zero-order valence-corrected chi connectivity index (χ0v) is 15.0. The fourth-order valence-corrected chi connectivity index (χ4v) is 6.08. The van der Waals surface area contributed by atoms with Crippen molar-refractivity contribution >= 4 is 0 Å². The lowest BCUT2D eigenvalue weighted by Crippen LogP contribution is -2.43. The zero-order valence-electron chi connectivity index (χ0n) is 15.0. The molecule has 3 fully saturated rings. The Labute approximate surface area is 150 Å². The molecule has 0 aromatic heterocycles. The van der Waals surface area contributed by atoms with Crippen LogP contribution in [0.25, 0.3) is 0 Å². The predicted molar refractivity (Wildman–Crippen MR) is 100 cm³/mol. The van der Waals surface area contributed by atoms with Crippen LogP contribution in [0.15, 0.2) is 60.7 Å². The van der Waals surface area contributed by atoms with Crippen LogP contribution in [0.5, 0.6) is 0 Å². The summed E-state index contributed by atoms with van der Waals surface area (Å²) in [5, 5.41) is 0. The standard InChI is InChI=1S/C23H27NO/c1-22-19-12-13-21(22)23(17-24(22)15-14-19,20-10-6-3-7-11-20)25-16-18-8-4-2-5-9-18/h2-11,19,21H,12-17H2,1H3/t19-,21-,22+,23-/m0/s1. The average Bonchev–Trinajstić information content (AvgIpc) is 3.25. The quantitative estimate of drug-likeness (QED) is 0.810. The summed E-state index contributed by atoms with van der Waals surface area (Å²) in [6, 6.07) is 21.6. The van der Waals surface area contributed by atoms with Crippen LogP contribution in [0.3, 0.4) is 0 Å². The molecule has 2 nitrogen and oxygen atoms in total. The molecule has 2 heteroatoms. The first-order valence-electron chi connectivity index (χ1n) is 9.72. The zero-order chi connectivity index (χ0) is 16.9. The van der Waals surface area contributed by atoms with E-state index in [0.29, 0.717) is 18.1 Å². The third-order valence-electron chi connectivity index (χ3n) is 7.35. The molecule has 0 spiro atoms. The lowest BCUT2D eigenvalue weighted by atomic mass is 9.74. The van der Waals surface area contributed by atoms with Crippen molar-refractivity contribution in [2.24, 2.45) is 11.8 Å². The number of benzene rings is 2. The minimum atomic E-state index is -0.166. The van der Waals surface area contributed by atoms with E-state index in [9.17, 15) is 0 Å². The maximum atomic E-state index is 6.85. The lowest BCUT2D eigenvalue weighted by molar-refractivity contribution is -0.0866. The molecule has 2 heterocycles. The molecule has 0 radical (unpaired) electrons. The molecule has 2 saturated heterocycles. The molecule has 1 saturated carbocycles. The SMILES string of the molecule is C[C@@]12[C@H]3CC[C@@H]1[C@@](OCc1ccccc1)(c1ccccc1)CN2CC3. The van der Waals surface area contributed by atoms with Crippen LogP contribution in [0, 0.1) is 11.8 Å². The second-order valence-corrected chi connectivity index (χ2v) is 8.29. The fraction of sp³-hybridized carbons (Fsp3) is 0.478. The average molecular weight is 333 g/mol. The van der Waals surface area contributed by atoms with E-state index in [1.807, 2.05) is 0 Å². The van der Waals surface area contributed by atoms with Crippen LogP contribution < -0.4 is 0 Å². The van der Waals surface area contributed by atoms with Gasteiger partial charge in [0.1, 0.15) is 5.60 Å². The molecule has 0 unspecified atom stereocenters. The number of nitrogens with zero attached hydrogens (tertiary/aromatic N) is 1. The highest BCUT2D eigenvalue weighted by Gasteiger charge is 2.67. The van der Waals surface area contributed by atoms with E-state index in [-0.39, 0.29) is 5.60 Å². The number of hydrogen-bond donors (Lipinski definition) is 0. The Morgan fingerprint density at radius 3 is 2.44 bits per heavy atom. The van der Waals surface area contributed by atoms with Gasteiger partial charge < -0.3 is 4.74 Å². The summed E-state index contributed by atoms with van der Waals surface area (Å²) in [6.07, 6.45) is 4.03. The predicted octanol–water partition coefficient (Wildman–Crippen LogP) is 4.60. The van der Waals surface area contributed by atoms with Crippen molar-refractivity contribution in [3.05, 3.63) is 71.8 Å². The summed E-state index contributed by atoms with van der Waals surface area (Å²) in [4.78, 5) is 2.74. The molecule has 5 rings (SSSR count). The second kappa shape index (κ2) is 5.69. The van der Waals surface area contributed by atoms with Crippen molar-refractivity contribution in [3.8, 4) is 0 Å². The fourth-order valence-electron chi connectivity index (χ4n) is 6.08. The van der Waals surface area contributed by atoms with Crippen LogP contribution in [-0.2, 0) is 16.9 Å². The largest absolute Gasteiger partial charge is 0.364 e. The van der Waals surface area contributed by atoms with Gasteiger partial charge in [0.05, 0.1) is 6.61 Å². The highest BCUT2D eigenvalue weighted by molar-refractivity contribution is 5.32. The van der Waals surface area contributed by atoms with E-state index in [1.165, 1.54) is 36.9 Å². The van der Waals surface area contributed by atoms with E-state index >= 15 is 0 Å². The molecule has 2 aromatic rings. The number of hydrogen-bond acceptors (Lipinski definition) is 2. The molecule has 0 bridgehead atoms. The van der Waals surface area contributed by atoms with Crippen molar-refractivity contribution < 1.29 is 4.74 Å². The van der Waals surface area contributed by atoms with Gasteiger partial charge in [-0.2, -0.15) is 0 Å². The molecule has 0 N–H and O–H groups in total. The van der Waals surface area contributed by atoms with Crippen molar-refractivity contribution in [1.82, 2.24) is 4.90 Å². The van der Waals surface area contributed by atoms with Gasteiger partial charge in [0, 0.05) is 18.0 Å². The topological polar surface area (TPSA) is 12.5 Å². The smallest absolute Gasteiger partial charge is 0.111 e. The molecule has 4 atom stereocenters. The summed E-state index contributed by atoms with van der Waals surface area (Å²) in [5.74, 6) is 1.45. The molecular formula is C23H27NO. The van der Waals surface area contributed by atoms with Crippen LogP contribution in [0.2, 0.25) is 0 Å². The molecule has 3 aliphatic rings. The Morgan fingerprint density at radius 1 is 0.960 bits per heavy atom. The number of rotatable bonds is 4. The van der Waals surface area contributed by atoms with Gasteiger partial charge >= 0.3 is 0 Å². The molecule has 25 heavy (non-hydrogen) atoms. The van der Waals surface area contributed by atoms with Crippen LogP contribution in [-0.4, -0.2) is 23.5 Å². The van der Waals surface area contributed by atoms with E-state index in [2.05, 4.69) is 72.5 Å². The van der Waals surface area contributed by atoms with Crippen LogP contribution >= 0.6 is 0 Å². The van der Waals surface area contributed by atoms with E-state index in [0.717, 1.165) is 12.5 Å². The molecule has 2 aliphatic heterocycles. The normalized spacial score (nSPS) is 36.7. The summed E-state index contributed by atoms with van der Waals surface area (Å²) in [5.41, 5.74) is 2.80. The molecular weight excluding hydrogens is 306 g/mol. The minimum Gasteiger partial charge on any atom is -0.364 e.